The molecule has 0 bridgehead atoms. The molecule has 1 heterocycles. The fourth-order valence-corrected chi connectivity index (χ4v) is 3.87. The molecular formula is C23H28ClN3O3. The van der Waals surface area contributed by atoms with E-state index in [1.165, 1.54) is 0 Å². The number of aryl methyl sites for hydroxylation is 1. The molecule has 1 saturated heterocycles. The van der Waals surface area contributed by atoms with Gasteiger partial charge in [-0.2, -0.15) is 0 Å². The Hall–Kier alpha value is -2.73. The Morgan fingerprint density at radius 3 is 2.80 bits per heavy atom. The van der Waals surface area contributed by atoms with Crippen molar-refractivity contribution in [1.82, 2.24) is 10.2 Å². The normalized spacial score (nSPS) is 18.6. The van der Waals surface area contributed by atoms with Gasteiger partial charge in [0.25, 0.3) is 0 Å². The van der Waals surface area contributed by atoms with E-state index in [-0.39, 0.29) is 11.9 Å². The van der Waals surface area contributed by atoms with Crippen molar-refractivity contribution in [3.05, 3.63) is 58.6 Å². The molecule has 0 radical (unpaired) electrons. The van der Waals surface area contributed by atoms with Crippen LogP contribution in [0.25, 0.3) is 0 Å². The van der Waals surface area contributed by atoms with Crippen molar-refractivity contribution in [2.24, 2.45) is 5.41 Å². The van der Waals surface area contributed by atoms with Crippen LogP contribution in [-0.2, 0) is 11.3 Å². The number of methoxy groups -OCH3 is 1. The molecule has 0 aliphatic carbocycles. The van der Waals surface area contributed by atoms with Crippen molar-refractivity contribution < 1.29 is 14.3 Å². The molecule has 7 heteroatoms. The minimum atomic E-state index is -0.641. The first-order valence-electron chi connectivity index (χ1n) is 10.0. The molecular weight excluding hydrogens is 402 g/mol. The first-order chi connectivity index (χ1) is 14.3. The number of hydrogen-bond acceptors (Lipinski definition) is 3. The average molecular weight is 430 g/mol. The molecule has 1 unspecified atom stereocenters. The highest BCUT2D eigenvalue weighted by molar-refractivity contribution is 6.31. The number of anilines is 1. The molecule has 3 rings (SSSR count). The second-order valence-electron chi connectivity index (χ2n) is 8.01. The summed E-state index contributed by atoms with van der Waals surface area (Å²) < 4.78 is 5.23. The first kappa shape index (κ1) is 22.0. The Balaban J connectivity index is 1.62. The number of carbonyl (C=O) groups excluding carboxylic acids is 2. The zero-order valence-corrected chi connectivity index (χ0v) is 18.4. The molecule has 6 nitrogen and oxygen atoms in total. The lowest BCUT2D eigenvalue weighted by Crippen LogP contribution is -2.52. The lowest BCUT2D eigenvalue weighted by atomic mass is 9.81. The van der Waals surface area contributed by atoms with E-state index in [2.05, 4.69) is 10.6 Å². The maximum atomic E-state index is 13.0. The van der Waals surface area contributed by atoms with E-state index in [0.717, 1.165) is 29.7 Å². The summed E-state index contributed by atoms with van der Waals surface area (Å²) >= 11 is 6.05. The molecule has 2 aromatic rings. The van der Waals surface area contributed by atoms with Gasteiger partial charge in [0.1, 0.15) is 5.75 Å². The smallest absolute Gasteiger partial charge is 0.321 e. The maximum Gasteiger partial charge on any atom is 0.321 e. The van der Waals surface area contributed by atoms with E-state index in [0.29, 0.717) is 30.3 Å². The van der Waals surface area contributed by atoms with Gasteiger partial charge < -0.3 is 20.3 Å². The van der Waals surface area contributed by atoms with Gasteiger partial charge in [-0.1, -0.05) is 29.8 Å². The number of halogens is 1. The molecule has 0 aromatic heterocycles. The van der Waals surface area contributed by atoms with Crippen LogP contribution in [0.4, 0.5) is 10.5 Å². The zero-order valence-electron chi connectivity index (χ0n) is 17.6. The second-order valence-corrected chi connectivity index (χ2v) is 8.45. The van der Waals surface area contributed by atoms with E-state index in [9.17, 15) is 9.59 Å². The lowest BCUT2D eigenvalue weighted by molar-refractivity contribution is -0.132. The van der Waals surface area contributed by atoms with E-state index in [1.54, 1.807) is 24.1 Å². The fourth-order valence-electron chi connectivity index (χ4n) is 3.70. The average Bonchev–Trinajstić information content (AvgIpc) is 2.74. The van der Waals surface area contributed by atoms with Gasteiger partial charge in [-0.25, -0.2) is 4.79 Å². The molecule has 30 heavy (non-hydrogen) atoms. The van der Waals surface area contributed by atoms with E-state index in [1.807, 2.05) is 44.2 Å². The van der Waals surface area contributed by atoms with Crippen molar-refractivity contribution in [1.29, 1.82) is 0 Å². The highest BCUT2D eigenvalue weighted by atomic mass is 35.5. The zero-order chi connectivity index (χ0) is 21.7. The second kappa shape index (κ2) is 9.39. The third-order valence-corrected chi connectivity index (χ3v) is 5.80. The summed E-state index contributed by atoms with van der Waals surface area (Å²) in [6, 6.07) is 12.8. The predicted molar refractivity (Wildman–Crippen MR) is 119 cm³/mol. The number of ether oxygens (including phenoxy) is 1. The third-order valence-electron chi connectivity index (χ3n) is 5.56. The maximum absolute atomic E-state index is 13.0. The topological polar surface area (TPSA) is 70.7 Å². The van der Waals surface area contributed by atoms with Gasteiger partial charge in [0.15, 0.2) is 0 Å². The number of carbonyl (C=O) groups is 2. The van der Waals surface area contributed by atoms with Gasteiger partial charge in [0.2, 0.25) is 5.91 Å². The SMILES string of the molecule is COc1cccc(CNC(=O)C2(C)CCCN(C(=O)Nc3cc(Cl)ccc3C)C2)c1. The van der Waals surface area contributed by atoms with Crippen LogP contribution in [0.2, 0.25) is 5.02 Å². The summed E-state index contributed by atoms with van der Waals surface area (Å²) in [5, 5.41) is 6.51. The predicted octanol–water partition coefficient (Wildman–Crippen LogP) is 4.61. The molecule has 0 spiro atoms. The number of nitrogens with zero attached hydrogens (tertiary/aromatic N) is 1. The molecule has 2 aromatic carbocycles. The lowest BCUT2D eigenvalue weighted by Gasteiger charge is -2.39. The van der Waals surface area contributed by atoms with Crippen LogP contribution in [0.3, 0.4) is 0 Å². The number of piperidine rings is 1. The third kappa shape index (κ3) is 5.25. The fraction of sp³-hybridized carbons (Fsp3) is 0.391. The van der Waals surface area contributed by atoms with E-state index in [4.69, 9.17) is 16.3 Å². The number of benzene rings is 2. The van der Waals surface area contributed by atoms with Gasteiger partial charge in [0.05, 0.1) is 12.5 Å². The molecule has 1 aliphatic rings. The van der Waals surface area contributed by atoms with Crippen LogP contribution in [0.1, 0.15) is 30.9 Å². The molecule has 1 atom stereocenters. The first-order valence-corrected chi connectivity index (χ1v) is 10.4. The number of nitrogens with one attached hydrogen (secondary N) is 2. The van der Waals surface area contributed by atoms with Crippen molar-refractivity contribution in [2.75, 3.05) is 25.5 Å². The van der Waals surface area contributed by atoms with Crippen molar-refractivity contribution in [3.63, 3.8) is 0 Å². The summed E-state index contributed by atoms with van der Waals surface area (Å²) in [4.78, 5) is 27.5. The Morgan fingerprint density at radius 1 is 1.23 bits per heavy atom. The number of hydrogen-bond donors (Lipinski definition) is 2. The molecule has 0 saturated carbocycles. The van der Waals surface area contributed by atoms with Crippen LogP contribution in [-0.4, -0.2) is 37.0 Å². The van der Waals surface area contributed by atoms with Crippen molar-refractivity contribution in [2.45, 2.75) is 33.2 Å². The summed E-state index contributed by atoms with van der Waals surface area (Å²) in [5.74, 6) is 0.700. The molecule has 2 N–H and O–H groups in total. The van der Waals surface area contributed by atoms with Crippen LogP contribution in [0.5, 0.6) is 5.75 Å². The van der Waals surface area contributed by atoms with Crippen LogP contribution in [0.15, 0.2) is 42.5 Å². The van der Waals surface area contributed by atoms with Gasteiger partial charge >= 0.3 is 6.03 Å². The standard InChI is InChI=1S/C23H28ClN3O3/c1-16-8-9-18(24)13-20(16)26-22(29)27-11-5-10-23(2,15-27)21(28)25-14-17-6-4-7-19(12-17)30-3/h4,6-9,12-13H,5,10-11,14-15H2,1-3H3,(H,25,28)(H,26,29). The molecule has 1 aliphatic heterocycles. The number of rotatable bonds is 5. The van der Waals surface area contributed by atoms with Crippen LogP contribution < -0.4 is 15.4 Å². The van der Waals surface area contributed by atoms with Crippen molar-refractivity contribution in [3.8, 4) is 5.75 Å². The Labute approximate surface area is 182 Å². The molecule has 3 amide bonds. The Bertz CT molecular complexity index is 934. The molecule has 160 valence electrons. The largest absolute Gasteiger partial charge is 0.497 e. The number of amides is 3. The van der Waals surface area contributed by atoms with Gasteiger partial charge in [-0.05, 0) is 62.1 Å². The Kier molecular flexibility index (Phi) is 6.87. The minimum absolute atomic E-state index is 0.0539. The highest BCUT2D eigenvalue weighted by Crippen LogP contribution is 2.31. The minimum Gasteiger partial charge on any atom is -0.497 e. The number of urea groups is 1. The van der Waals surface area contributed by atoms with Gasteiger partial charge in [0, 0.05) is 30.3 Å². The highest BCUT2D eigenvalue weighted by Gasteiger charge is 2.39. The van der Waals surface area contributed by atoms with Crippen LogP contribution >= 0.6 is 11.6 Å². The monoisotopic (exact) mass is 429 g/mol. The van der Waals surface area contributed by atoms with Gasteiger partial charge in [-0.3, -0.25) is 4.79 Å². The summed E-state index contributed by atoms with van der Waals surface area (Å²) in [6.45, 7) is 5.22. The summed E-state index contributed by atoms with van der Waals surface area (Å²) in [7, 11) is 1.62. The molecule has 1 fully saturated rings. The summed E-state index contributed by atoms with van der Waals surface area (Å²) in [5.41, 5.74) is 1.94. The summed E-state index contributed by atoms with van der Waals surface area (Å²) in [6.07, 6.45) is 1.50. The van der Waals surface area contributed by atoms with Crippen molar-refractivity contribution >= 4 is 29.2 Å². The number of likely N-dealkylation sites (tertiary alicyclic amines) is 1. The van der Waals surface area contributed by atoms with Crippen LogP contribution in [0, 0.1) is 12.3 Å². The Morgan fingerprint density at radius 2 is 2.03 bits per heavy atom. The van der Waals surface area contributed by atoms with Gasteiger partial charge in [-0.15, -0.1) is 0 Å². The van der Waals surface area contributed by atoms with E-state index < -0.39 is 5.41 Å². The van der Waals surface area contributed by atoms with E-state index >= 15 is 0 Å². The quantitative estimate of drug-likeness (QED) is 0.729.